The van der Waals surface area contributed by atoms with Gasteiger partial charge in [-0.25, -0.2) is 4.39 Å². The highest BCUT2D eigenvalue weighted by molar-refractivity contribution is 14.1. The largest absolute Gasteiger partial charge is 0.417 e. The molecule has 1 rings (SSSR count). The van der Waals surface area contributed by atoms with Crippen LogP contribution in [0.2, 0.25) is 5.02 Å². The van der Waals surface area contributed by atoms with Crippen LogP contribution in [0.5, 0.6) is 0 Å². The zero-order chi connectivity index (χ0) is 10.2. The number of hydrogen-bond donors (Lipinski definition) is 0. The van der Waals surface area contributed by atoms with Gasteiger partial charge in [-0.1, -0.05) is 11.6 Å². The lowest BCUT2D eigenvalue weighted by Gasteiger charge is -2.09. The van der Waals surface area contributed by atoms with E-state index in [1.54, 1.807) is 22.6 Å². The lowest BCUT2D eigenvalue weighted by molar-refractivity contribution is -0.137. The summed E-state index contributed by atoms with van der Waals surface area (Å²) in [6.45, 7) is 0. The molecule has 0 nitrogen and oxygen atoms in total. The Labute approximate surface area is 90.0 Å². The molecule has 0 radical (unpaired) electrons. The van der Waals surface area contributed by atoms with Crippen LogP contribution in [0.1, 0.15) is 5.56 Å². The highest BCUT2D eigenvalue weighted by atomic mass is 127. The summed E-state index contributed by atoms with van der Waals surface area (Å²) >= 11 is 6.86. The van der Waals surface area contributed by atoms with E-state index in [4.69, 9.17) is 11.6 Å². The molecule has 0 fully saturated rings. The summed E-state index contributed by atoms with van der Waals surface area (Å²) in [7, 11) is 0. The molecule has 0 aliphatic carbocycles. The molecule has 1 aromatic carbocycles. The van der Waals surface area contributed by atoms with E-state index in [0.717, 1.165) is 6.07 Å². The smallest absolute Gasteiger partial charge is 0.206 e. The Bertz CT molecular complexity index is 334. The molecular formula is C7H2ClF4I. The van der Waals surface area contributed by atoms with Crippen LogP contribution in [-0.4, -0.2) is 0 Å². The van der Waals surface area contributed by atoms with Crippen molar-refractivity contribution in [1.29, 1.82) is 0 Å². The fraction of sp³-hybridized carbons (Fsp3) is 0.143. The SMILES string of the molecule is Fc1cc(C(F)(F)F)c(Cl)cc1I. The predicted molar refractivity (Wildman–Crippen MR) is 49.1 cm³/mol. The highest BCUT2D eigenvalue weighted by Crippen LogP contribution is 2.36. The Kier molecular flexibility index (Phi) is 3.06. The van der Waals surface area contributed by atoms with E-state index in [2.05, 4.69) is 0 Å². The summed E-state index contributed by atoms with van der Waals surface area (Å²) in [5, 5.41) is -0.488. The third-order valence-corrected chi connectivity index (χ3v) is 2.45. The van der Waals surface area contributed by atoms with Crippen LogP contribution in [-0.2, 0) is 6.18 Å². The lowest BCUT2D eigenvalue weighted by Crippen LogP contribution is -2.06. The molecule has 13 heavy (non-hydrogen) atoms. The maximum absolute atomic E-state index is 12.7. The highest BCUT2D eigenvalue weighted by Gasteiger charge is 2.34. The van der Waals surface area contributed by atoms with Crippen molar-refractivity contribution in [3.63, 3.8) is 0 Å². The second-order valence-corrected chi connectivity index (χ2v) is 3.81. The van der Waals surface area contributed by atoms with Gasteiger partial charge in [0.1, 0.15) is 5.82 Å². The average molecular weight is 324 g/mol. The third-order valence-electron chi connectivity index (χ3n) is 1.32. The molecular weight excluding hydrogens is 322 g/mol. The van der Waals surface area contributed by atoms with Crippen LogP contribution < -0.4 is 0 Å². The Hall–Kier alpha value is -0.0400. The molecule has 0 saturated heterocycles. The Balaban J connectivity index is 3.32. The molecule has 0 aliphatic rings. The molecule has 0 aromatic heterocycles. The summed E-state index contributed by atoms with van der Waals surface area (Å²) in [4.78, 5) is 0. The zero-order valence-electron chi connectivity index (χ0n) is 5.92. The molecule has 0 unspecified atom stereocenters. The van der Waals surface area contributed by atoms with Gasteiger partial charge in [-0.05, 0) is 34.7 Å². The van der Waals surface area contributed by atoms with E-state index in [1.165, 1.54) is 0 Å². The van der Waals surface area contributed by atoms with Gasteiger partial charge in [0.2, 0.25) is 0 Å². The van der Waals surface area contributed by atoms with Gasteiger partial charge in [-0.2, -0.15) is 13.2 Å². The van der Waals surface area contributed by atoms with E-state index in [-0.39, 0.29) is 3.57 Å². The van der Waals surface area contributed by atoms with E-state index < -0.39 is 22.6 Å². The quantitative estimate of drug-likeness (QED) is 0.383. The normalized spacial score (nSPS) is 11.8. The van der Waals surface area contributed by atoms with Crippen LogP contribution in [0.15, 0.2) is 12.1 Å². The first kappa shape index (κ1) is 11.0. The molecule has 0 saturated carbocycles. The van der Waals surface area contributed by atoms with E-state index >= 15 is 0 Å². The standard InChI is InChI=1S/C7H2ClF4I/c8-4-2-6(13)5(9)1-3(4)7(10,11)12/h1-2H. The Morgan fingerprint density at radius 3 is 2.23 bits per heavy atom. The van der Waals surface area contributed by atoms with Gasteiger partial charge >= 0.3 is 6.18 Å². The maximum Gasteiger partial charge on any atom is 0.417 e. The summed E-state index contributed by atoms with van der Waals surface area (Å²) in [5.41, 5.74) is -1.15. The zero-order valence-corrected chi connectivity index (χ0v) is 8.84. The summed E-state index contributed by atoms with van der Waals surface area (Å²) in [6.07, 6.45) is -4.61. The average Bonchev–Trinajstić information content (AvgIpc) is 1.94. The first-order valence-electron chi connectivity index (χ1n) is 3.04. The maximum atomic E-state index is 12.7. The molecule has 0 atom stereocenters. The topological polar surface area (TPSA) is 0 Å². The minimum absolute atomic E-state index is 0.0654. The van der Waals surface area contributed by atoms with Gasteiger partial charge in [0, 0.05) is 0 Å². The van der Waals surface area contributed by atoms with Crippen molar-refractivity contribution >= 4 is 34.2 Å². The molecule has 0 aliphatic heterocycles. The molecule has 0 N–H and O–H groups in total. The monoisotopic (exact) mass is 324 g/mol. The second-order valence-electron chi connectivity index (χ2n) is 2.24. The van der Waals surface area contributed by atoms with Gasteiger partial charge < -0.3 is 0 Å². The van der Waals surface area contributed by atoms with E-state index in [9.17, 15) is 17.6 Å². The van der Waals surface area contributed by atoms with Crippen molar-refractivity contribution in [2.75, 3.05) is 0 Å². The van der Waals surface area contributed by atoms with Crippen molar-refractivity contribution in [1.82, 2.24) is 0 Å². The molecule has 0 spiro atoms. The van der Waals surface area contributed by atoms with Crippen molar-refractivity contribution in [3.8, 4) is 0 Å². The fourth-order valence-corrected chi connectivity index (χ4v) is 1.66. The van der Waals surface area contributed by atoms with Crippen molar-refractivity contribution in [2.45, 2.75) is 6.18 Å². The summed E-state index contributed by atoms with van der Waals surface area (Å²) < 4.78 is 49.1. The van der Waals surface area contributed by atoms with Crippen molar-refractivity contribution in [3.05, 3.63) is 32.1 Å². The number of halogens is 6. The van der Waals surface area contributed by atoms with E-state index in [0.29, 0.717) is 6.07 Å². The third kappa shape index (κ3) is 2.46. The molecule has 6 heteroatoms. The summed E-state index contributed by atoms with van der Waals surface area (Å²) in [5.74, 6) is -0.919. The van der Waals surface area contributed by atoms with Gasteiger partial charge in [-0.3, -0.25) is 0 Å². The minimum Gasteiger partial charge on any atom is -0.206 e. The van der Waals surface area contributed by atoms with Gasteiger partial charge in [0.05, 0.1) is 14.2 Å². The van der Waals surface area contributed by atoms with Crippen LogP contribution in [0.25, 0.3) is 0 Å². The molecule has 72 valence electrons. The number of benzene rings is 1. The van der Waals surface area contributed by atoms with Crippen LogP contribution >= 0.6 is 34.2 Å². The number of rotatable bonds is 0. The molecule has 0 heterocycles. The van der Waals surface area contributed by atoms with E-state index in [1.807, 2.05) is 0 Å². The Morgan fingerprint density at radius 2 is 1.77 bits per heavy atom. The van der Waals surface area contributed by atoms with Crippen molar-refractivity contribution in [2.24, 2.45) is 0 Å². The minimum atomic E-state index is -4.61. The number of alkyl halides is 3. The molecule has 0 amide bonds. The summed E-state index contributed by atoms with van der Waals surface area (Å²) in [6, 6.07) is 1.34. The predicted octanol–water partition coefficient (Wildman–Crippen LogP) is 4.10. The fourth-order valence-electron chi connectivity index (χ4n) is 0.740. The first-order chi connectivity index (χ1) is 5.82. The van der Waals surface area contributed by atoms with Gasteiger partial charge in [0.15, 0.2) is 0 Å². The van der Waals surface area contributed by atoms with Gasteiger partial charge in [-0.15, -0.1) is 0 Å². The molecule has 1 aromatic rings. The van der Waals surface area contributed by atoms with Crippen LogP contribution in [0.3, 0.4) is 0 Å². The number of hydrogen-bond acceptors (Lipinski definition) is 0. The van der Waals surface area contributed by atoms with Crippen LogP contribution in [0, 0.1) is 9.39 Å². The lowest BCUT2D eigenvalue weighted by atomic mass is 10.2. The second kappa shape index (κ2) is 3.61. The van der Waals surface area contributed by atoms with Gasteiger partial charge in [0.25, 0.3) is 0 Å². The van der Waals surface area contributed by atoms with Crippen LogP contribution in [0.4, 0.5) is 17.6 Å². The Morgan fingerprint density at radius 1 is 1.23 bits per heavy atom. The molecule has 0 bridgehead atoms. The first-order valence-corrected chi connectivity index (χ1v) is 4.50. The van der Waals surface area contributed by atoms with Crippen molar-refractivity contribution < 1.29 is 17.6 Å².